The van der Waals surface area contributed by atoms with Crippen LogP contribution in [0, 0.1) is 23.7 Å². The SMILES string of the molecule is CC1(C)c2cc(N(c3ccc(C4CC5CCC4C5)cc3)c3ccc(C4CC5CCC4C5)cc3)ccc2-c2cc3c(cc21)C1(CCCC1)c1ccccc1-3. The monoisotopic (exact) mass is 691 g/mol. The molecule has 1 nitrogen and oxygen atoms in total. The van der Waals surface area contributed by atoms with E-state index >= 15 is 0 Å². The number of anilines is 3. The van der Waals surface area contributed by atoms with Crippen LogP contribution in [0.25, 0.3) is 22.3 Å². The Morgan fingerprint density at radius 1 is 0.472 bits per heavy atom. The Balaban J connectivity index is 0.953. The Morgan fingerprint density at radius 2 is 1.02 bits per heavy atom. The van der Waals surface area contributed by atoms with Gasteiger partial charge in [-0.15, -0.1) is 0 Å². The molecule has 0 amide bonds. The van der Waals surface area contributed by atoms with Crippen LogP contribution in [0.15, 0.2) is 103 Å². The predicted molar refractivity (Wildman–Crippen MR) is 220 cm³/mol. The zero-order valence-corrected chi connectivity index (χ0v) is 31.7. The fraction of sp³-hybridized carbons (Fsp3) is 0.423. The minimum atomic E-state index is -0.0762. The van der Waals surface area contributed by atoms with Crippen molar-refractivity contribution in [1.82, 2.24) is 0 Å². The van der Waals surface area contributed by atoms with Crippen molar-refractivity contribution in [3.63, 3.8) is 0 Å². The van der Waals surface area contributed by atoms with Gasteiger partial charge in [0.25, 0.3) is 0 Å². The summed E-state index contributed by atoms with van der Waals surface area (Å²) in [5, 5.41) is 0. The molecule has 0 aromatic heterocycles. The maximum absolute atomic E-state index is 2.66. The van der Waals surface area contributed by atoms with Crippen LogP contribution in [0.1, 0.15) is 136 Å². The first-order valence-corrected chi connectivity index (χ1v) is 21.4. The van der Waals surface area contributed by atoms with Gasteiger partial charge in [-0.25, -0.2) is 0 Å². The smallest absolute Gasteiger partial charge is 0.0465 e. The lowest BCUT2D eigenvalue weighted by Crippen LogP contribution is -2.22. The van der Waals surface area contributed by atoms with Crippen molar-refractivity contribution in [2.24, 2.45) is 23.7 Å². The lowest BCUT2D eigenvalue weighted by atomic mass is 9.74. The van der Waals surface area contributed by atoms with Gasteiger partial charge in [0.1, 0.15) is 0 Å². The number of benzene rings is 5. The molecular weight excluding hydrogens is 639 g/mol. The second-order valence-electron chi connectivity index (χ2n) is 19.2. The molecule has 7 aliphatic carbocycles. The molecule has 5 aromatic carbocycles. The Labute approximate surface area is 316 Å². The molecule has 5 saturated carbocycles. The molecular formula is C52H53N. The molecule has 4 bridgehead atoms. The maximum atomic E-state index is 2.66. The summed E-state index contributed by atoms with van der Waals surface area (Å²) in [6.07, 6.45) is 16.7. The molecule has 5 fully saturated rings. The number of rotatable bonds is 5. The topological polar surface area (TPSA) is 3.24 Å². The van der Waals surface area contributed by atoms with Gasteiger partial charge >= 0.3 is 0 Å². The quantitative estimate of drug-likeness (QED) is 0.177. The summed E-state index contributed by atoms with van der Waals surface area (Å²) in [6, 6.07) is 41.6. The van der Waals surface area contributed by atoms with Crippen LogP contribution in [0.4, 0.5) is 17.1 Å². The standard InChI is InChI=1S/C52H53N/c1-51(2)48-29-40(21-22-42(48)45-30-46-41-7-3-4-8-47(41)52(23-5-6-24-52)50(46)31-49(45)51)53(38-17-13-34(14-18-38)43-27-32-9-11-36(43)25-32)39-19-15-35(16-20-39)44-28-33-10-12-37(44)26-33/h3-4,7-8,13-22,29-33,36-37,43-44H,5-6,9-12,23-28H2,1-2H3. The minimum Gasteiger partial charge on any atom is -0.310 e. The van der Waals surface area contributed by atoms with Gasteiger partial charge in [-0.1, -0.05) is 100 Å². The van der Waals surface area contributed by atoms with E-state index in [-0.39, 0.29) is 10.8 Å². The van der Waals surface area contributed by atoms with E-state index in [1.165, 1.54) is 127 Å². The van der Waals surface area contributed by atoms with E-state index in [0.717, 1.165) is 35.5 Å². The highest BCUT2D eigenvalue weighted by Crippen LogP contribution is 2.61. The molecule has 6 atom stereocenters. The van der Waals surface area contributed by atoms with E-state index in [0.29, 0.717) is 0 Å². The summed E-state index contributed by atoms with van der Waals surface area (Å²) >= 11 is 0. The zero-order chi connectivity index (χ0) is 35.1. The predicted octanol–water partition coefficient (Wildman–Crippen LogP) is 14.1. The summed E-state index contributed by atoms with van der Waals surface area (Å²) in [5.41, 5.74) is 19.0. The lowest BCUT2D eigenvalue weighted by molar-refractivity contribution is 0.420. The molecule has 6 unspecified atom stereocenters. The Hall–Kier alpha value is -4.10. The molecule has 266 valence electrons. The average Bonchev–Trinajstić information content (AvgIpc) is 4.08. The largest absolute Gasteiger partial charge is 0.310 e. The number of hydrogen-bond acceptors (Lipinski definition) is 1. The van der Waals surface area contributed by atoms with Crippen LogP contribution in [-0.4, -0.2) is 0 Å². The second-order valence-corrected chi connectivity index (χ2v) is 19.2. The third kappa shape index (κ3) is 4.43. The highest BCUT2D eigenvalue weighted by Gasteiger charge is 2.48. The van der Waals surface area contributed by atoms with Gasteiger partial charge in [-0.3, -0.25) is 0 Å². The van der Waals surface area contributed by atoms with Gasteiger partial charge < -0.3 is 4.90 Å². The van der Waals surface area contributed by atoms with Crippen molar-refractivity contribution < 1.29 is 0 Å². The lowest BCUT2D eigenvalue weighted by Gasteiger charge is -2.30. The van der Waals surface area contributed by atoms with Crippen molar-refractivity contribution in [3.8, 4) is 22.3 Å². The molecule has 0 N–H and O–H groups in total. The molecule has 5 aromatic rings. The highest BCUT2D eigenvalue weighted by atomic mass is 15.1. The Morgan fingerprint density at radius 3 is 1.60 bits per heavy atom. The molecule has 0 saturated heterocycles. The van der Waals surface area contributed by atoms with Crippen LogP contribution in [-0.2, 0) is 10.8 Å². The normalized spacial score (nSPS) is 28.7. The number of nitrogens with zero attached hydrogens (tertiary/aromatic N) is 1. The van der Waals surface area contributed by atoms with E-state index in [1.54, 1.807) is 22.3 Å². The van der Waals surface area contributed by atoms with Crippen molar-refractivity contribution in [3.05, 3.63) is 137 Å². The summed E-state index contributed by atoms with van der Waals surface area (Å²) in [4.78, 5) is 2.55. The summed E-state index contributed by atoms with van der Waals surface area (Å²) < 4.78 is 0. The third-order valence-corrected chi connectivity index (χ3v) is 16.4. The summed E-state index contributed by atoms with van der Waals surface area (Å²) in [5.74, 6) is 5.25. The molecule has 1 spiro atoms. The zero-order valence-electron chi connectivity index (χ0n) is 31.7. The molecule has 0 aliphatic heterocycles. The van der Waals surface area contributed by atoms with Crippen LogP contribution in [0.5, 0.6) is 0 Å². The maximum Gasteiger partial charge on any atom is 0.0465 e. The minimum absolute atomic E-state index is 0.0762. The highest BCUT2D eigenvalue weighted by molar-refractivity contribution is 5.92. The Bertz CT molecular complexity index is 2190. The molecule has 0 radical (unpaired) electrons. The fourth-order valence-electron chi connectivity index (χ4n) is 13.8. The molecule has 0 heterocycles. The number of fused-ring (bicyclic) bond motifs is 12. The van der Waals surface area contributed by atoms with E-state index in [4.69, 9.17) is 0 Å². The molecule has 12 rings (SSSR count). The van der Waals surface area contributed by atoms with Gasteiger partial charge in [0, 0.05) is 27.9 Å². The third-order valence-electron chi connectivity index (χ3n) is 16.4. The fourth-order valence-corrected chi connectivity index (χ4v) is 13.8. The molecule has 7 aliphatic rings. The molecule has 53 heavy (non-hydrogen) atoms. The van der Waals surface area contributed by atoms with Crippen LogP contribution in [0.2, 0.25) is 0 Å². The van der Waals surface area contributed by atoms with Crippen molar-refractivity contribution in [2.45, 2.75) is 114 Å². The van der Waals surface area contributed by atoms with E-state index in [2.05, 4.69) is 122 Å². The van der Waals surface area contributed by atoms with E-state index < -0.39 is 0 Å². The van der Waals surface area contributed by atoms with Crippen molar-refractivity contribution in [1.29, 1.82) is 0 Å². The van der Waals surface area contributed by atoms with Crippen LogP contribution < -0.4 is 4.90 Å². The van der Waals surface area contributed by atoms with Crippen molar-refractivity contribution >= 4 is 17.1 Å². The second kappa shape index (κ2) is 11.2. The first kappa shape index (κ1) is 31.3. The van der Waals surface area contributed by atoms with Crippen LogP contribution in [0.3, 0.4) is 0 Å². The van der Waals surface area contributed by atoms with Gasteiger partial charge in [0.05, 0.1) is 0 Å². The van der Waals surface area contributed by atoms with Gasteiger partial charge in [0.15, 0.2) is 0 Å². The first-order chi connectivity index (χ1) is 25.9. The molecule has 1 heteroatoms. The van der Waals surface area contributed by atoms with Gasteiger partial charge in [-0.05, 0) is 185 Å². The number of hydrogen-bond donors (Lipinski definition) is 0. The first-order valence-electron chi connectivity index (χ1n) is 21.4. The van der Waals surface area contributed by atoms with Gasteiger partial charge in [-0.2, -0.15) is 0 Å². The summed E-state index contributed by atoms with van der Waals surface area (Å²) in [6.45, 7) is 4.96. The average molecular weight is 692 g/mol. The van der Waals surface area contributed by atoms with E-state index in [1.807, 2.05) is 0 Å². The van der Waals surface area contributed by atoms with Crippen LogP contribution >= 0.6 is 0 Å². The van der Waals surface area contributed by atoms with E-state index in [9.17, 15) is 0 Å². The summed E-state index contributed by atoms with van der Waals surface area (Å²) in [7, 11) is 0. The van der Waals surface area contributed by atoms with Crippen molar-refractivity contribution in [2.75, 3.05) is 4.90 Å². The van der Waals surface area contributed by atoms with Gasteiger partial charge in [0.2, 0.25) is 0 Å². The Kier molecular flexibility index (Phi) is 6.62.